The minimum absolute atomic E-state index is 0. The van der Waals surface area contributed by atoms with E-state index in [-0.39, 0.29) is 24.0 Å². The number of rotatable bonds is 6. The fourth-order valence-corrected chi connectivity index (χ4v) is 1.75. The molecule has 0 bridgehead atoms. The fourth-order valence-electron chi connectivity index (χ4n) is 1.75. The molecule has 1 atom stereocenters. The van der Waals surface area contributed by atoms with Crippen LogP contribution >= 0.6 is 24.0 Å². The molecule has 6 heteroatoms. The van der Waals surface area contributed by atoms with Crippen molar-refractivity contribution < 1.29 is 8.78 Å². The molecule has 0 aliphatic heterocycles. The second-order valence-electron chi connectivity index (χ2n) is 5.47. The molecule has 0 radical (unpaired) electrons. The Balaban J connectivity index is 0.00000441. The highest BCUT2D eigenvalue weighted by Crippen LogP contribution is 2.08. The Morgan fingerprint density at radius 2 is 1.73 bits per heavy atom. The molecule has 0 aromatic heterocycles. The molecule has 1 aromatic carbocycles. The zero-order chi connectivity index (χ0) is 15.8. The lowest BCUT2D eigenvalue weighted by atomic mass is 10.1. The lowest BCUT2D eigenvalue weighted by Crippen LogP contribution is -2.44. The number of hydrogen-bond donors (Lipinski definition) is 2. The monoisotopic (exact) mass is 425 g/mol. The first-order chi connectivity index (χ1) is 9.92. The van der Waals surface area contributed by atoms with Gasteiger partial charge in [0.1, 0.15) is 11.6 Å². The van der Waals surface area contributed by atoms with Gasteiger partial charge >= 0.3 is 0 Å². The Labute approximate surface area is 149 Å². The summed E-state index contributed by atoms with van der Waals surface area (Å²) < 4.78 is 26.2. The maximum absolute atomic E-state index is 13.1. The fraction of sp³-hybridized carbons (Fsp3) is 0.562. The lowest BCUT2D eigenvalue weighted by Gasteiger charge is -2.20. The molecule has 0 aliphatic rings. The molecule has 22 heavy (non-hydrogen) atoms. The van der Waals surface area contributed by atoms with Crippen molar-refractivity contribution in [1.29, 1.82) is 0 Å². The number of guanidine groups is 1. The van der Waals surface area contributed by atoms with Crippen LogP contribution in [0.3, 0.4) is 0 Å². The van der Waals surface area contributed by atoms with Crippen molar-refractivity contribution in [2.24, 2.45) is 10.9 Å². The van der Waals surface area contributed by atoms with Gasteiger partial charge in [0, 0.05) is 25.2 Å². The molecule has 0 saturated carbocycles. The van der Waals surface area contributed by atoms with Gasteiger partial charge in [-0.2, -0.15) is 0 Å². The van der Waals surface area contributed by atoms with E-state index in [0.717, 1.165) is 18.6 Å². The van der Waals surface area contributed by atoms with E-state index in [9.17, 15) is 8.78 Å². The van der Waals surface area contributed by atoms with Crippen LogP contribution in [-0.4, -0.2) is 25.1 Å². The Bertz CT molecular complexity index is 458. The molecule has 1 unspecified atom stereocenters. The van der Waals surface area contributed by atoms with Crippen molar-refractivity contribution in [2.75, 3.05) is 13.1 Å². The van der Waals surface area contributed by atoms with Crippen LogP contribution in [0.1, 0.15) is 33.3 Å². The van der Waals surface area contributed by atoms with Gasteiger partial charge in [0.05, 0.1) is 0 Å². The molecule has 0 aliphatic carbocycles. The molecule has 0 heterocycles. The number of aliphatic imine (C=N–C) groups is 1. The van der Waals surface area contributed by atoms with E-state index in [1.165, 1.54) is 12.1 Å². The summed E-state index contributed by atoms with van der Waals surface area (Å²) in [4.78, 5) is 4.44. The average Bonchev–Trinajstić information content (AvgIpc) is 2.37. The third kappa shape index (κ3) is 7.91. The highest BCUT2D eigenvalue weighted by molar-refractivity contribution is 14.0. The van der Waals surface area contributed by atoms with E-state index in [1.54, 1.807) is 0 Å². The smallest absolute Gasteiger partial charge is 0.191 e. The third-order valence-corrected chi connectivity index (χ3v) is 3.30. The summed E-state index contributed by atoms with van der Waals surface area (Å²) >= 11 is 0. The van der Waals surface area contributed by atoms with Crippen LogP contribution < -0.4 is 10.6 Å². The molecule has 126 valence electrons. The standard InChI is InChI=1S/C16H25F2N3.HI/c1-5-19-16(21-12(4)11(2)3)20-7-6-13-8-14(17)10-15(18)9-13;/h8-12H,5-7H2,1-4H3,(H2,19,20,21);1H. The second kappa shape index (κ2) is 10.7. The van der Waals surface area contributed by atoms with Gasteiger partial charge in [-0.25, -0.2) is 8.78 Å². The topological polar surface area (TPSA) is 36.4 Å². The van der Waals surface area contributed by atoms with Gasteiger partial charge in [-0.15, -0.1) is 24.0 Å². The van der Waals surface area contributed by atoms with E-state index in [1.807, 2.05) is 6.92 Å². The third-order valence-electron chi connectivity index (χ3n) is 3.30. The van der Waals surface area contributed by atoms with E-state index in [2.05, 4.69) is 36.4 Å². The molecule has 0 amide bonds. The molecule has 1 rings (SSSR count). The van der Waals surface area contributed by atoms with Crippen molar-refractivity contribution in [3.05, 3.63) is 35.4 Å². The second-order valence-corrected chi connectivity index (χ2v) is 5.47. The van der Waals surface area contributed by atoms with Gasteiger partial charge in [0.2, 0.25) is 0 Å². The number of nitrogens with one attached hydrogen (secondary N) is 2. The van der Waals surface area contributed by atoms with E-state index >= 15 is 0 Å². The molecule has 2 N–H and O–H groups in total. The zero-order valence-corrected chi connectivity index (χ0v) is 15.9. The minimum Gasteiger partial charge on any atom is -0.357 e. The van der Waals surface area contributed by atoms with Crippen LogP contribution in [0.15, 0.2) is 23.2 Å². The van der Waals surface area contributed by atoms with Gasteiger partial charge in [0.25, 0.3) is 0 Å². The Hall–Kier alpha value is -0.920. The van der Waals surface area contributed by atoms with Crippen LogP contribution in [0.2, 0.25) is 0 Å². The molecular formula is C16H26F2IN3. The minimum atomic E-state index is -0.549. The number of benzene rings is 1. The molecule has 0 spiro atoms. The van der Waals surface area contributed by atoms with Crippen LogP contribution in [0.4, 0.5) is 8.78 Å². The summed E-state index contributed by atoms with van der Waals surface area (Å²) in [5.41, 5.74) is 0.615. The van der Waals surface area contributed by atoms with Crippen molar-refractivity contribution in [3.8, 4) is 0 Å². The van der Waals surface area contributed by atoms with Gasteiger partial charge in [-0.05, 0) is 43.9 Å². The maximum atomic E-state index is 13.1. The normalized spacial score (nSPS) is 12.8. The highest BCUT2D eigenvalue weighted by Gasteiger charge is 2.08. The van der Waals surface area contributed by atoms with Gasteiger partial charge in [-0.1, -0.05) is 13.8 Å². The predicted octanol–water partition coefficient (Wildman–Crippen LogP) is 3.72. The molecule has 1 aromatic rings. The van der Waals surface area contributed by atoms with Crippen LogP contribution in [0.5, 0.6) is 0 Å². The first-order valence-electron chi connectivity index (χ1n) is 7.42. The lowest BCUT2D eigenvalue weighted by molar-refractivity contribution is 0.481. The number of nitrogens with zero attached hydrogens (tertiary/aromatic N) is 1. The summed E-state index contributed by atoms with van der Waals surface area (Å²) in [7, 11) is 0. The Morgan fingerprint density at radius 3 is 2.23 bits per heavy atom. The van der Waals surface area contributed by atoms with Gasteiger partial charge in [0.15, 0.2) is 5.96 Å². The summed E-state index contributed by atoms with van der Waals surface area (Å²) in [6, 6.07) is 3.86. The van der Waals surface area contributed by atoms with Crippen molar-refractivity contribution >= 4 is 29.9 Å². The van der Waals surface area contributed by atoms with E-state index < -0.39 is 11.6 Å². The SMILES string of the molecule is CCNC(=NCCc1cc(F)cc(F)c1)NC(C)C(C)C.I. The average molecular weight is 425 g/mol. The van der Waals surface area contributed by atoms with E-state index in [4.69, 9.17) is 0 Å². The maximum Gasteiger partial charge on any atom is 0.191 e. The number of halogens is 3. The first-order valence-corrected chi connectivity index (χ1v) is 7.42. The van der Waals surface area contributed by atoms with Crippen LogP contribution in [0.25, 0.3) is 0 Å². The van der Waals surface area contributed by atoms with Gasteiger partial charge in [-0.3, -0.25) is 4.99 Å². The number of hydrogen-bond acceptors (Lipinski definition) is 1. The summed E-state index contributed by atoms with van der Waals surface area (Å²) in [5.74, 6) is 0.127. The van der Waals surface area contributed by atoms with Gasteiger partial charge < -0.3 is 10.6 Å². The van der Waals surface area contributed by atoms with Crippen molar-refractivity contribution in [3.63, 3.8) is 0 Å². The van der Waals surface area contributed by atoms with E-state index in [0.29, 0.717) is 30.5 Å². The first kappa shape index (κ1) is 21.1. The molecule has 3 nitrogen and oxygen atoms in total. The summed E-state index contributed by atoms with van der Waals surface area (Å²) in [6.45, 7) is 9.61. The van der Waals surface area contributed by atoms with Crippen LogP contribution in [-0.2, 0) is 6.42 Å². The van der Waals surface area contributed by atoms with Crippen molar-refractivity contribution in [2.45, 2.75) is 40.2 Å². The predicted molar refractivity (Wildman–Crippen MR) is 98.9 cm³/mol. The Kier molecular flexibility index (Phi) is 10.3. The molecule has 0 saturated heterocycles. The summed E-state index contributed by atoms with van der Waals surface area (Å²) in [6.07, 6.45) is 0.501. The highest BCUT2D eigenvalue weighted by atomic mass is 127. The summed E-state index contributed by atoms with van der Waals surface area (Å²) in [5, 5.41) is 6.49. The largest absolute Gasteiger partial charge is 0.357 e. The molecule has 0 fully saturated rings. The zero-order valence-electron chi connectivity index (χ0n) is 13.6. The quantitative estimate of drug-likeness (QED) is 0.414. The van der Waals surface area contributed by atoms with Crippen LogP contribution in [0, 0.1) is 17.6 Å². The Morgan fingerprint density at radius 1 is 1.14 bits per heavy atom. The molecular weight excluding hydrogens is 399 g/mol. The van der Waals surface area contributed by atoms with Crippen molar-refractivity contribution in [1.82, 2.24) is 10.6 Å².